The minimum atomic E-state index is -0.333. The van der Waals surface area contributed by atoms with Gasteiger partial charge in [-0.2, -0.15) is 0 Å². The summed E-state index contributed by atoms with van der Waals surface area (Å²) in [6.07, 6.45) is 1.16. The Bertz CT molecular complexity index is 1080. The molecule has 0 saturated carbocycles. The molecule has 1 aromatic heterocycles. The summed E-state index contributed by atoms with van der Waals surface area (Å²) in [4.78, 5) is 47.0. The Balaban J connectivity index is 1.43. The largest absolute Gasteiger partial charge is 0.450 e. The monoisotopic (exact) mass is 502 g/mol. The van der Waals surface area contributed by atoms with Gasteiger partial charge in [-0.25, -0.2) is 9.78 Å². The molecule has 0 radical (unpaired) electrons. The number of thioether (sulfide) groups is 2. The van der Waals surface area contributed by atoms with Crippen molar-refractivity contribution in [2.75, 3.05) is 38.5 Å². The van der Waals surface area contributed by atoms with Gasteiger partial charge in [0.25, 0.3) is 5.56 Å². The van der Waals surface area contributed by atoms with Crippen LogP contribution in [0.25, 0.3) is 0 Å². The number of hydrogen-bond acceptors (Lipinski definition) is 7. The van der Waals surface area contributed by atoms with Crippen molar-refractivity contribution in [2.45, 2.75) is 48.5 Å². The number of nitrogens with zero attached hydrogens (tertiary/aromatic N) is 4. The van der Waals surface area contributed by atoms with E-state index in [-0.39, 0.29) is 23.3 Å². The van der Waals surface area contributed by atoms with Gasteiger partial charge in [0, 0.05) is 44.4 Å². The second kappa shape index (κ2) is 11.3. The van der Waals surface area contributed by atoms with Gasteiger partial charge >= 0.3 is 6.09 Å². The van der Waals surface area contributed by atoms with Crippen molar-refractivity contribution in [1.29, 1.82) is 0 Å². The highest BCUT2D eigenvalue weighted by Gasteiger charge is 2.28. The number of piperazine rings is 1. The Morgan fingerprint density at radius 3 is 2.56 bits per heavy atom. The Kier molecular flexibility index (Phi) is 8.20. The highest BCUT2D eigenvalue weighted by atomic mass is 32.2. The molecule has 1 atom stereocenters. The molecule has 0 bridgehead atoms. The fourth-order valence-corrected chi connectivity index (χ4v) is 6.15. The molecular formula is C24H30N4O4S2. The molecule has 8 nitrogen and oxygen atoms in total. The van der Waals surface area contributed by atoms with E-state index in [4.69, 9.17) is 9.72 Å². The first kappa shape index (κ1) is 24.7. The van der Waals surface area contributed by atoms with Gasteiger partial charge in [-0.05, 0) is 18.9 Å². The maximum Gasteiger partial charge on any atom is 0.409 e. The molecule has 1 fully saturated rings. The van der Waals surface area contributed by atoms with Gasteiger partial charge < -0.3 is 14.5 Å². The molecule has 0 spiro atoms. The summed E-state index contributed by atoms with van der Waals surface area (Å²) >= 11 is 2.92. The second-order valence-electron chi connectivity index (χ2n) is 8.35. The Morgan fingerprint density at radius 1 is 1.15 bits per heavy atom. The van der Waals surface area contributed by atoms with Crippen LogP contribution in [0.15, 0.2) is 45.2 Å². The third-order valence-corrected chi connectivity index (χ3v) is 8.09. The second-order valence-corrected chi connectivity index (χ2v) is 10.7. The molecular weight excluding hydrogens is 472 g/mol. The van der Waals surface area contributed by atoms with Crippen LogP contribution in [-0.4, -0.2) is 75.1 Å². The van der Waals surface area contributed by atoms with Gasteiger partial charge in [0.15, 0.2) is 5.16 Å². The first-order chi connectivity index (χ1) is 16.5. The van der Waals surface area contributed by atoms with E-state index in [1.54, 1.807) is 33.1 Å². The SMILES string of the molecule is CCOC(=O)N1CCN(C(=O)CSc2nc3c(c(=O)n2CCc2ccccc2)S[C@@H](C)C3)CC1. The smallest absolute Gasteiger partial charge is 0.409 e. The van der Waals surface area contributed by atoms with E-state index in [0.29, 0.717) is 49.7 Å². The van der Waals surface area contributed by atoms with Gasteiger partial charge in [0.2, 0.25) is 5.91 Å². The molecule has 0 aliphatic carbocycles. The molecule has 2 aromatic rings. The predicted molar refractivity (Wildman–Crippen MR) is 134 cm³/mol. The molecule has 182 valence electrons. The molecule has 3 heterocycles. The predicted octanol–water partition coefficient (Wildman–Crippen LogP) is 2.92. The molecule has 1 aromatic carbocycles. The summed E-state index contributed by atoms with van der Waals surface area (Å²) in [5, 5.41) is 0.934. The Labute approximate surface area is 208 Å². The third-order valence-electron chi connectivity index (χ3n) is 5.91. The average molecular weight is 503 g/mol. The summed E-state index contributed by atoms with van der Waals surface area (Å²) in [5.74, 6) is 0.194. The van der Waals surface area contributed by atoms with Gasteiger partial charge in [-0.1, -0.05) is 49.0 Å². The number of ether oxygens (including phenoxy) is 1. The van der Waals surface area contributed by atoms with Gasteiger partial charge in [0.1, 0.15) is 0 Å². The van der Waals surface area contributed by atoms with Crippen LogP contribution in [0.4, 0.5) is 4.79 Å². The van der Waals surface area contributed by atoms with Crippen molar-refractivity contribution in [3.63, 3.8) is 0 Å². The van der Waals surface area contributed by atoms with E-state index in [1.807, 2.05) is 18.2 Å². The molecule has 0 N–H and O–H groups in total. The first-order valence-electron chi connectivity index (χ1n) is 11.6. The molecule has 34 heavy (non-hydrogen) atoms. The van der Waals surface area contributed by atoms with E-state index >= 15 is 0 Å². The lowest BCUT2D eigenvalue weighted by atomic mass is 10.1. The molecule has 4 rings (SSSR count). The fraction of sp³-hybridized carbons (Fsp3) is 0.500. The van der Waals surface area contributed by atoms with E-state index in [9.17, 15) is 14.4 Å². The summed E-state index contributed by atoms with van der Waals surface area (Å²) < 4.78 is 6.77. The Morgan fingerprint density at radius 2 is 1.85 bits per heavy atom. The van der Waals surface area contributed by atoms with Crippen molar-refractivity contribution in [3.05, 3.63) is 51.9 Å². The maximum atomic E-state index is 13.3. The summed E-state index contributed by atoms with van der Waals surface area (Å²) in [5.41, 5.74) is 1.99. The van der Waals surface area contributed by atoms with E-state index in [1.165, 1.54) is 11.8 Å². The van der Waals surface area contributed by atoms with Crippen molar-refractivity contribution >= 4 is 35.5 Å². The number of benzene rings is 1. The van der Waals surface area contributed by atoms with Crippen LogP contribution in [0.1, 0.15) is 25.1 Å². The lowest BCUT2D eigenvalue weighted by Gasteiger charge is -2.34. The average Bonchev–Trinajstić information content (AvgIpc) is 3.23. The van der Waals surface area contributed by atoms with Crippen LogP contribution in [0.5, 0.6) is 0 Å². The quantitative estimate of drug-likeness (QED) is 0.425. The minimum Gasteiger partial charge on any atom is -0.450 e. The van der Waals surface area contributed by atoms with Crippen LogP contribution < -0.4 is 5.56 Å². The highest BCUT2D eigenvalue weighted by molar-refractivity contribution is 8.00. The molecule has 0 unspecified atom stereocenters. The zero-order chi connectivity index (χ0) is 24.1. The fourth-order valence-electron chi connectivity index (χ4n) is 4.10. The summed E-state index contributed by atoms with van der Waals surface area (Å²) in [6, 6.07) is 10.1. The summed E-state index contributed by atoms with van der Waals surface area (Å²) in [6.45, 7) is 6.62. The normalized spacial score (nSPS) is 17.5. The van der Waals surface area contributed by atoms with Crippen molar-refractivity contribution in [1.82, 2.24) is 19.4 Å². The maximum absolute atomic E-state index is 13.3. The van der Waals surface area contributed by atoms with Crippen molar-refractivity contribution in [2.24, 2.45) is 0 Å². The number of rotatable bonds is 7. The lowest BCUT2D eigenvalue weighted by Crippen LogP contribution is -2.51. The number of amides is 2. The topological polar surface area (TPSA) is 84.7 Å². The first-order valence-corrected chi connectivity index (χ1v) is 13.5. The molecule has 2 aliphatic rings. The van der Waals surface area contributed by atoms with Gasteiger partial charge in [-0.15, -0.1) is 11.8 Å². The van der Waals surface area contributed by atoms with Crippen LogP contribution in [0.2, 0.25) is 0 Å². The van der Waals surface area contributed by atoms with Crippen LogP contribution in [0.3, 0.4) is 0 Å². The minimum absolute atomic E-state index is 0.00622. The standard InChI is InChI=1S/C24H30N4O4S2/c1-3-32-24(31)27-13-11-26(12-14-27)20(29)16-33-23-25-19-15-17(2)34-21(19)22(30)28(23)10-9-18-7-5-4-6-8-18/h4-8,17H,3,9-16H2,1-2H3/t17-/m0/s1. The number of hydrogen-bond donors (Lipinski definition) is 0. The van der Waals surface area contributed by atoms with Crippen LogP contribution in [0, 0.1) is 0 Å². The zero-order valence-corrected chi connectivity index (χ0v) is 21.2. The number of carbonyl (C=O) groups excluding carboxylic acids is 2. The van der Waals surface area contributed by atoms with Crippen LogP contribution >= 0.6 is 23.5 Å². The zero-order valence-electron chi connectivity index (χ0n) is 19.6. The van der Waals surface area contributed by atoms with Crippen molar-refractivity contribution < 1.29 is 14.3 Å². The number of carbonyl (C=O) groups is 2. The number of aryl methyl sites for hydroxylation is 1. The van der Waals surface area contributed by atoms with E-state index < -0.39 is 0 Å². The van der Waals surface area contributed by atoms with E-state index in [0.717, 1.165) is 29.0 Å². The number of fused-ring (bicyclic) bond motifs is 1. The van der Waals surface area contributed by atoms with Gasteiger partial charge in [-0.3, -0.25) is 14.2 Å². The third kappa shape index (κ3) is 5.78. The van der Waals surface area contributed by atoms with E-state index in [2.05, 4.69) is 19.1 Å². The van der Waals surface area contributed by atoms with Crippen molar-refractivity contribution in [3.8, 4) is 0 Å². The molecule has 2 aliphatic heterocycles. The molecule has 10 heteroatoms. The highest BCUT2D eigenvalue weighted by Crippen LogP contribution is 2.34. The number of aromatic nitrogens is 2. The van der Waals surface area contributed by atoms with Gasteiger partial charge in [0.05, 0.1) is 22.9 Å². The summed E-state index contributed by atoms with van der Waals surface area (Å²) in [7, 11) is 0. The molecule has 2 amide bonds. The van der Waals surface area contributed by atoms with Crippen LogP contribution in [-0.2, 0) is 28.9 Å². The molecule has 1 saturated heterocycles. The lowest BCUT2D eigenvalue weighted by molar-refractivity contribution is -0.129. The Hall–Kier alpha value is -2.46.